The van der Waals surface area contributed by atoms with Crippen molar-refractivity contribution in [1.29, 1.82) is 0 Å². The third kappa shape index (κ3) is 3.44. The fourth-order valence-corrected chi connectivity index (χ4v) is 2.23. The fraction of sp³-hybridized carbons (Fsp3) is 0.0526. The Hall–Kier alpha value is -2.81. The molecule has 0 unspecified atom stereocenters. The van der Waals surface area contributed by atoms with Crippen molar-refractivity contribution < 1.29 is 9.13 Å². The number of anilines is 1. The summed E-state index contributed by atoms with van der Waals surface area (Å²) in [4.78, 5) is 0. The molecule has 22 heavy (non-hydrogen) atoms. The summed E-state index contributed by atoms with van der Waals surface area (Å²) in [6.07, 6.45) is 0.858. The van der Waals surface area contributed by atoms with Crippen LogP contribution in [-0.4, -0.2) is 0 Å². The van der Waals surface area contributed by atoms with Crippen LogP contribution in [0.1, 0.15) is 11.1 Å². The maximum atomic E-state index is 13.7. The first-order valence-corrected chi connectivity index (χ1v) is 7.06. The number of ether oxygens (including phenoxy) is 1. The Morgan fingerprint density at radius 1 is 0.818 bits per heavy atom. The number of nitrogen functional groups attached to an aromatic ring is 1. The van der Waals surface area contributed by atoms with E-state index in [9.17, 15) is 4.39 Å². The molecule has 0 aliphatic carbocycles. The van der Waals surface area contributed by atoms with E-state index in [1.165, 1.54) is 23.3 Å². The zero-order chi connectivity index (χ0) is 15.4. The number of benzene rings is 3. The highest BCUT2D eigenvalue weighted by Gasteiger charge is 2.05. The molecule has 0 saturated carbocycles. The van der Waals surface area contributed by atoms with E-state index in [4.69, 9.17) is 10.5 Å². The monoisotopic (exact) mass is 293 g/mol. The lowest BCUT2D eigenvalue weighted by molar-refractivity contribution is 0.442. The van der Waals surface area contributed by atoms with Crippen LogP contribution < -0.4 is 10.5 Å². The number of nitrogens with two attached hydrogens (primary N) is 1. The lowest BCUT2D eigenvalue weighted by Crippen LogP contribution is -1.92. The Bertz CT molecular complexity index is 754. The van der Waals surface area contributed by atoms with Crippen molar-refractivity contribution in [3.63, 3.8) is 0 Å². The molecular weight excluding hydrogens is 277 g/mol. The van der Waals surface area contributed by atoms with Crippen molar-refractivity contribution in [2.45, 2.75) is 6.42 Å². The van der Waals surface area contributed by atoms with Gasteiger partial charge in [0, 0.05) is 11.8 Å². The predicted octanol–water partition coefficient (Wildman–Crippen LogP) is 4.79. The molecular formula is C19H16FNO. The van der Waals surface area contributed by atoms with E-state index in [2.05, 4.69) is 12.1 Å². The Balaban J connectivity index is 1.71. The molecule has 0 amide bonds. The van der Waals surface area contributed by atoms with Crippen LogP contribution in [0.25, 0.3) is 0 Å². The van der Waals surface area contributed by atoms with E-state index < -0.39 is 5.82 Å². The first kappa shape index (κ1) is 14.1. The van der Waals surface area contributed by atoms with Crippen LogP contribution in [0.5, 0.6) is 11.5 Å². The fourth-order valence-electron chi connectivity index (χ4n) is 2.23. The molecule has 0 saturated heterocycles. The highest BCUT2D eigenvalue weighted by molar-refractivity contribution is 5.44. The Morgan fingerprint density at radius 3 is 2.18 bits per heavy atom. The van der Waals surface area contributed by atoms with Crippen LogP contribution >= 0.6 is 0 Å². The molecule has 3 heteroatoms. The molecule has 3 aromatic rings. The molecule has 0 fully saturated rings. The van der Waals surface area contributed by atoms with E-state index in [0.29, 0.717) is 11.4 Å². The summed E-state index contributed by atoms with van der Waals surface area (Å²) in [6.45, 7) is 0. The standard InChI is InChI=1S/C19H16FNO/c20-18-13-16(21)8-11-19(18)22-17-9-6-15(7-10-17)12-14-4-2-1-3-5-14/h1-11,13H,12,21H2. The summed E-state index contributed by atoms with van der Waals surface area (Å²) in [6, 6.07) is 22.3. The summed E-state index contributed by atoms with van der Waals surface area (Å²) in [5.74, 6) is 0.304. The average molecular weight is 293 g/mol. The summed E-state index contributed by atoms with van der Waals surface area (Å²) >= 11 is 0. The van der Waals surface area contributed by atoms with Gasteiger partial charge in [-0.05, 0) is 41.8 Å². The van der Waals surface area contributed by atoms with Crippen LogP contribution in [0.15, 0.2) is 72.8 Å². The molecule has 2 N–H and O–H groups in total. The van der Waals surface area contributed by atoms with Gasteiger partial charge in [-0.1, -0.05) is 42.5 Å². The first-order chi connectivity index (χ1) is 10.7. The van der Waals surface area contributed by atoms with Crippen molar-refractivity contribution in [2.75, 3.05) is 5.73 Å². The van der Waals surface area contributed by atoms with Crippen LogP contribution in [0.2, 0.25) is 0 Å². The number of rotatable bonds is 4. The van der Waals surface area contributed by atoms with E-state index in [0.717, 1.165) is 6.42 Å². The van der Waals surface area contributed by atoms with Crippen LogP contribution in [0, 0.1) is 5.82 Å². The summed E-state index contributed by atoms with van der Waals surface area (Å²) in [5, 5.41) is 0. The second-order valence-electron chi connectivity index (χ2n) is 5.10. The van der Waals surface area contributed by atoms with Gasteiger partial charge in [0.1, 0.15) is 5.75 Å². The van der Waals surface area contributed by atoms with Crippen molar-refractivity contribution in [3.05, 3.63) is 89.7 Å². The molecule has 0 bridgehead atoms. The summed E-state index contributed by atoms with van der Waals surface area (Å²) < 4.78 is 19.2. The molecule has 0 radical (unpaired) electrons. The molecule has 3 rings (SSSR count). The average Bonchev–Trinajstić information content (AvgIpc) is 2.53. The van der Waals surface area contributed by atoms with Crippen LogP contribution in [0.4, 0.5) is 10.1 Å². The maximum absolute atomic E-state index is 13.7. The topological polar surface area (TPSA) is 35.2 Å². The van der Waals surface area contributed by atoms with E-state index in [-0.39, 0.29) is 5.75 Å². The largest absolute Gasteiger partial charge is 0.454 e. The lowest BCUT2D eigenvalue weighted by atomic mass is 10.1. The third-order valence-electron chi connectivity index (χ3n) is 3.36. The minimum absolute atomic E-state index is 0.171. The van der Waals surface area contributed by atoms with Gasteiger partial charge in [0.05, 0.1) is 0 Å². The molecule has 0 spiro atoms. The third-order valence-corrected chi connectivity index (χ3v) is 3.36. The number of halogens is 1. The molecule has 2 nitrogen and oxygen atoms in total. The summed E-state index contributed by atoms with van der Waals surface area (Å²) in [5.41, 5.74) is 8.32. The van der Waals surface area contributed by atoms with Gasteiger partial charge in [-0.15, -0.1) is 0 Å². The quantitative estimate of drug-likeness (QED) is 0.702. The predicted molar refractivity (Wildman–Crippen MR) is 86.6 cm³/mol. The minimum atomic E-state index is -0.464. The van der Waals surface area contributed by atoms with Gasteiger partial charge in [-0.25, -0.2) is 4.39 Å². The van der Waals surface area contributed by atoms with E-state index in [1.54, 1.807) is 6.07 Å². The van der Waals surface area contributed by atoms with Gasteiger partial charge in [0.2, 0.25) is 0 Å². The van der Waals surface area contributed by atoms with E-state index in [1.807, 2.05) is 42.5 Å². The van der Waals surface area contributed by atoms with Gasteiger partial charge >= 0.3 is 0 Å². The number of hydrogen-bond donors (Lipinski definition) is 1. The highest BCUT2D eigenvalue weighted by Crippen LogP contribution is 2.26. The molecule has 3 aromatic carbocycles. The molecule has 0 aliphatic rings. The molecule has 110 valence electrons. The van der Waals surface area contributed by atoms with Crippen molar-refractivity contribution >= 4 is 5.69 Å². The van der Waals surface area contributed by atoms with Crippen molar-refractivity contribution in [3.8, 4) is 11.5 Å². The van der Waals surface area contributed by atoms with Crippen molar-refractivity contribution in [2.24, 2.45) is 0 Å². The second-order valence-corrected chi connectivity index (χ2v) is 5.10. The molecule has 0 aromatic heterocycles. The normalized spacial score (nSPS) is 10.4. The van der Waals surface area contributed by atoms with Crippen LogP contribution in [0.3, 0.4) is 0 Å². The summed E-state index contributed by atoms with van der Waals surface area (Å²) in [7, 11) is 0. The van der Waals surface area contributed by atoms with Gasteiger partial charge < -0.3 is 10.5 Å². The van der Waals surface area contributed by atoms with Crippen molar-refractivity contribution in [1.82, 2.24) is 0 Å². The maximum Gasteiger partial charge on any atom is 0.167 e. The van der Waals surface area contributed by atoms with Gasteiger partial charge in [-0.2, -0.15) is 0 Å². The lowest BCUT2D eigenvalue weighted by Gasteiger charge is -2.08. The SMILES string of the molecule is Nc1ccc(Oc2ccc(Cc3ccccc3)cc2)c(F)c1. The number of hydrogen-bond acceptors (Lipinski definition) is 2. The van der Waals surface area contributed by atoms with Crippen LogP contribution in [-0.2, 0) is 6.42 Å². The minimum Gasteiger partial charge on any atom is -0.454 e. The molecule has 0 heterocycles. The zero-order valence-electron chi connectivity index (χ0n) is 12.0. The second kappa shape index (κ2) is 6.31. The Morgan fingerprint density at radius 2 is 1.50 bits per heavy atom. The molecule has 0 atom stereocenters. The zero-order valence-corrected chi connectivity index (χ0v) is 12.0. The Labute approximate surface area is 129 Å². The van der Waals surface area contributed by atoms with Gasteiger partial charge in [0.15, 0.2) is 11.6 Å². The highest BCUT2D eigenvalue weighted by atomic mass is 19.1. The Kier molecular flexibility index (Phi) is 4.05. The first-order valence-electron chi connectivity index (χ1n) is 7.06. The smallest absolute Gasteiger partial charge is 0.167 e. The van der Waals surface area contributed by atoms with Gasteiger partial charge in [0.25, 0.3) is 0 Å². The van der Waals surface area contributed by atoms with Gasteiger partial charge in [-0.3, -0.25) is 0 Å². The molecule has 0 aliphatic heterocycles. The van der Waals surface area contributed by atoms with E-state index >= 15 is 0 Å².